The summed E-state index contributed by atoms with van der Waals surface area (Å²) in [5, 5.41) is 2.18. The molecule has 0 unspecified atom stereocenters. The van der Waals surface area contributed by atoms with Crippen molar-refractivity contribution in [3.05, 3.63) is 15.8 Å². The zero-order valence-corrected chi connectivity index (χ0v) is 12.8. The van der Waals surface area contributed by atoms with E-state index in [-0.39, 0.29) is 11.6 Å². The number of hydrogen-bond acceptors (Lipinski definition) is 3. The molecule has 1 rings (SSSR count). The van der Waals surface area contributed by atoms with Crippen LogP contribution in [0, 0.1) is 0 Å². The third-order valence-electron chi connectivity index (χ3n) is 2.21. The summed E-state index contributed by atoms with van der Waals surface area (Å²) in [5.41, 5.74) is -1.01. The molecule has 0 bridgehead atoms. The van der Waals surface area contributed by atoms with Crippen LogP contribution < -0.4 is 5.32 Å². The van der Waals surface area contributed by atoms with E-state index in [2.05, 4.69) is 5.32 Å². The van der Waals surface area contributed by atoms with Gasteiger partial charge in [-0.15, -0.1) is 11.3 Å². The molecule has 0 aliphatic carbocycles. The van der Waals surface area contributed by atoms with E-state index in [9.17, 15) is 18.0 Å². The second-order valence-electron chi connectivity index (χ2n) is 5.67. The van der Waals surface area contributed by atoms with Gasteiger partial charge in [-0.3, -0.25) is 5.32 Å². The third-order valence-corrected chi connectivity index (χ3v) is 3.69. The first-order valence-corrected chi connectivity index (χ1v) is 6.92. The van der Waals surface area contributed by atoms with E-state index < -0.39 is 22.7 Å². The molecule has 0 aromatic carbocycles. The third kappa shape index (κ3) is 4.70. The molecule has 0 saturated heterocycles. The summed E-state index contributed by atoms with van der Waals surface area (Å²) < 4.78 is 43.8. The van der Waals surface area contributed by atoms with Crippen molar-refractivity contribution < 1.29 is 22.7 Å². The molecule has 0 radical (unpaired) electrons. The molecule has 1 heterocycles. The lowest BCUT2D eigenvalue weighted by Gasteiger charge is -2.19. The standard InChI is InChI=1S/C13H18F3NO2S/c1-7(2)9-6-8(10(20-9)13(14,15)16)17-11(18)19-12(3,4)5/h6-7H,1-5H3,(H,17,18). The summed E-state index contributed by atoms with van der Waals surface area (Å²) in [7, 11) is 0. The van der Waals surface area contributed by atoms with E-state index in [1.54, 1.807) is 34.6 Å². The highest BCUT2D eigenvalue weighted by atomic mass is 32.1. The van der Waals surface area contributed by atoms with Gasteiger partial charge in [-0.05, 0) is 32.8 Å². The minimum absolute atomic E-state index is 0.0460. The molecule has 114 valence electrons. The van der Waals surface area contributed by atoms with Crippen molar-refractivity contribution in [2.45, 2.75) is 52.3 Å². The number of nitrogens with one attached hydrogen (secondary N) is 1. The molecule has 0 atom stereocenters. The number of alkyl halides is 3. The Bertz CT molecular complexity index is 487. The van der Waals surface area contributed by atoms with Gasteiger partial charge in [0.05, 0.1) is 5.69 Å². The molecule has 3 nitrogen and oxygen atoms in total. The fraction of sp³-hybridized carbons (Fsp3) is 0.615. The number of rotatable bonds is 2. The van der Waals surface area contributed by atoms with Gasteiger partial charge >= 0.3 is 12.3 Å². The molecule has 7 heteroatoms. The summed E-state index contributed by atoms with van der Waals surface area (Å²) in [4.78, 5) is 11.3. The maximum Gasteiger partial charge on any atom is 0.427 e. The van der Waals surface area contributed by atoms with E-state index in [4.69, 9.17) is 4.74 Å². The molecule has 0 aliphatic heterocycles. The maximum atomic E-state index is 12.9. The minimum Gasteiger partial charge on any atom is -0.444 e. The number of carbonyl (C=O) groups excluding carboxylic acids is 1. The fourth-order valence-electron chi connectivity index (χ4n) is 1.41. The van der Waals surface area contributed by atoms with Crippen molar-refractivity contribution in [3.63, 3.8) is 0 Å². The highest BCUT2D eigenvalue weighted by molar-refractivity contribution is 7.12. The van der Waals surface area contributed by atoms with Gasteiger partial charge in [-0.2, -0.15) is 13.2 Å². The molecule has 20 heavy (non-hydrogen) atoms. The van der Waals surface area contributed by atoms with Crippen LogP contribution in [0.2, 0.25) is 0 Å². The zero-order valence-electron chi connectivity index (χ0n) is 12.0. The van der Waals surface area contributed by atoms with E-state index in [1.165, 1.54) is 6.07 Å². The predicted octanol–water partition coefficient (Wildman–Crippen LogP) is 5.24. The molecule has 0 aliphatic rings. The van der Waals surface area contributed by atoms with E-state index >= 15 is 0 Å². The molecule has 1 aromatic heterocycles. The lowest BCUT2D eigenvalue weighted by atomic mass is 10.2. The monoisotopic (exact) mass is 309 g/mol. The largest absolute Gasteiger partial charge is 0.444 e. The molecule has 1 aromatic rings. The maximum absolute atomic E-state index is 12.9. The first-order chi connectivity index (χ1) is 8.90. The van der Waals surface area contributed by atoms with Crippen LogP contribution in [0.4, 0.5) is 23.7 Å². The van der Waals surface area contributed by atoms with Crippen molar-refractivity contribution in [1.82, 2.24) is 0 Å². The van der Waals surface area contributed by atoms with Crippen molar-refractivity contribution in [2.24, 2.45) is 0 Å². The number of thiophene rings is 1. The fourth-order valence-corrected chi connectivity index (χ4v) is 2.40. The molecular formula is C13H18F3NO2S. The Balaban J connectivity index is 3.02. The highest BCUT2D eigenvalue weighted by Gasteiger charge is 2.37. The lowest BCUT2D eigenvalue weighted by molar-refractivity contribution is -0.133. The molecule has 0 saturated carbocycles. The van der Waals surface area contributed by atoms with Crippen molar-refractivity contribution >= 4 is 23.1 Å². The number of hydrogen-bond donors (Lipinski definition) is 1. The number of halogens is 3. The van der Waals surface area contributed by atoms with Gasteiger partial charge in [-0.1, -0.05) is 13.8 Å². The smallest absolute Gasteiger partial charge is 0.427 e. The molecule has 1 amide bonds. The molecule has 0 fully saturated rings. The Labute approximate surface area is 120 Å². The van der Waals surface area contributed by atoms with Crippen LogP contribution >= 0.6 is 11.3 Å². The van der Waals surface area contributed by atoms with E-state index in [0.29, 0.717) is 16.2 Å². The van der Waals surface area contributed by atoms with Crippen LogP contribution in [0.25, 0.3) is 0 Å². The van der Waals surface area contributed by atoms with Crippen molar-refractivity contribution in [1.29, 1.82) is 0 Å². The van der Waals surface area contributed by atoms with Crippen LogP contribution in [-0.2, 0) is 10.9 Å². The first kappa shape index (κ1) is 16.8. The average Bonchev–Trinajstić information content (AvgIpc) is 2.57. The molecule has 1 N–H and O–H groups in total. The topological polar surface area (TPSA) is 38.3 Å². The number of carbonyl (C=O) groups is 1. The predicted molar refractivity (Wildman–Crippen MR) is 73.3 cm³/mol. The highest BCUT2D eigenvalue weighted by Crippen LogP contribution is 2.43. The average molecular weight is 309 g/mol. The summed E-state index contributed by atoms with van der Waals surface area (Å²) >= 11 is 0.639. The van der Waals surface area contributed by atoms with E-state index in [1.807, 2.05) is 0 Å². The van der Waals surface area contributed by atoms with Gasteiger partial charge in [0.1, 0.15) is 10.5 Å². The Morgan fingerprint density at radius 1 is 1.30 bits per heavy atom. The SMILES string of the molecule is CC(C)c1cc(NC(=O)OC(C)(C)C)c(C(F)(F)F)s1. The normalized spacial score (nSPS) is 12.7. The second kappa shape index (κ2) is 5.63. The lowest BCUT2D eigenvalue weighted by Crippen LogP contribution is -2.27. The molecular weight excluding hydrogens is 291 g/mol. The quantitative estimate of drug-likeness (QED) is 0.811. The van der Waals surface area contributed by atoms with Gasteiger partial charge in [0.25, 0.3) is 0 Å². The Morgan fingerprint density at radius 2 is 1.85 bits per heavy atom. The van der Waals surface area contributed by atoms with E-state index in [0.717, 1.165) is 0 Å². The van der Waals surface area contributed by atoms with Gasteiger partial charge < -0.3 is 4.74 Å². The van der Waals surface area contributed by atoms with Gasteiger partial charge in [0.2, 0.25) is 0 Å². The van der Waals surface area contributed by atoms with Crippen LogP contribution in [-0.4, -0.2) is 11.7 Å². The minimum atomic E-state index is -4.50. The van der Waals surface area contributed by atoms with Gasteiger partial charge in [0.15, 0.2) is 0 Å². The summed E-state index contributed by atoms with van der Waals surface area (Å²) in [6, 6.07) is 1.35. The number of amides is 1. The Hall–Kier alpha value is -1.24. The Kier molecular flexibility index (Phi) is 4.74. The molecule has 0 spiro atoms. The summed E-state index contributed by atoms with van der Waals surface area (Å²) in [6.45, 7) is 8.52. The Morgan fingerprint density at radius 3 is 2.25 bits per heavy atom. The van der Waals surface area contributed by atoms with Crippen LogP contribution in [0.15, 0.2) is 6.07 Å². The van der Waals surface area contributed by atoms with Crippen LogP contribution in [0.1, 0.15) is 50.3 Å². The van der Waals surface area contributed by atoms with Crippen LogP contribution in [0.3, 0.4) is 0 Å². The second-order valence-corrected chi connectivity index (χ2v) is 6.75. The summed E-state index contributed by atoms with van der Waals surface area (Å²) in [5.74, 6) is -0.0460. The first-order valence-electron chi connectivity index (χ1n) is 6.11. The number of ether oxygens (including phenoxy) is 1. The van der Waals surface area contributed by atoms with Crippen molar-refractivity contribution in [3.8, 4) is 0 Å². The summed E-state index contributed by atoms with van der Waals surface area (Å²) in [6.07, 6.45) is -5.39. The van der Waals surface area contributed by atoms with Crippen LogP contribution in [0.5, 0.6) is 0 Å². The zero-order chi connectivity index (χ0) is 15.7. The number of anilines is 1. The van der Waals surface area contributed by atoms with Gasteiger partial charge in [0, 0.05) is 4.88 Å². The van der Waals surface area contributed by atoms with Crippen molar-refractivity contribution in [2.75, 3.05) is 5.32 Å². The van der Waals surface area contributed by atoms with Gasteiger partial charge in [-0.25, -0.2) is 4.79 Å².